The van der Waals surface area contributed by atoms with Gasteiger partial charge in [0.2, 0.25) is 0 Å². The van der Waals surface area contributed by atoms with Crippen molar-refractivity contribution >= 4 is 77.7 Å². The van der Waals surface area contributed by atoms with Crippen LogP contribution in [0.25, 0.3) is 82.8 Å². The summed E-state index contributed by atoms with van der Waals surface area (Å²) in [5.74, 6) is 1.45. The zero-order valence-electron chi connectivity index (χ0n) is 34.9. The Kier molecular flexibility index (Phi) is 8.34. The smallest absolute Gasteiger partial charge is 0.159 e. The molecule has 1 atom stereocenters. The number of hydrogen-bond donors (Lipinski definition) is 1. The van der Waals surface area contributed by atoms with Crippen LogP contribution in [-0.4, -0.2) is 16.2 Å². The Morgan fingerprint density at radius 3 is 2.05 bits per heavy atom. The van der Waals surface area contributed by atoms with Gasteiger partial charge in [-0.25, -0.2) is 9.98 Å². The van der Waals surface area contributed by atoms with Crippen LogP contribution in [0.1, 0.15) is 46.1 Å². The zero-order valence-corrected chi connectivity index (χ0v) is 34.9. The Balaban J connectivity index is 0.952. The van der Waals surface area contributed by atoms with Gasteiger partial charge >= 0.3 is 0 Å². The van der Waals surface area contributed by atoms with Crippen molar-refractivity contribution in [2.24, 2.45) is 9.98 Å². The van der Waals surface area contributed by atoms with Gasteiger partial charge in [0.1, 0.15) is 23.2 Å². The molecule has 0 amide bonds. The van der Waals surface area contributed by atoms with Gasteiger partial charge in [-0.15, -0.1) is 0 Å². The summed E-state index contributed by atoms with van der Waals surface area (Å²) in [4.78, 5) is 10.6. The Labute approximate surface area is 370 Å². The van der Waals surface area contributed by atoms with E-state index >= 15 is 0 Å². The van der Waals surface area contributed by atoms with Crippen LogP contribution in [0.3, 0.4) is 0 Å². The highest BCUT2D eigenvalue weighted by Crippen LogP contribution is 2.42. The molecule has 2 aliphatic rings. The first kappa shape index (κ1) is 36.4. The van der Waals surface area contributed by atoms with Crippen LogP contribution in [0.2, 0.25) is 0 Å². The first-order valence-corrected chi connectivity index (χ1v) is 22.0. The fraction of sp³-hybridized carbons (Fsp3) is 0.0508. The molecule has 3 heterocycles. The Morgan fingerprint density at radius 2 is 1.23 bits per heavy atom. The van der Waals surface area contributed by atoms with Gasteiger partial charge in [0, 0.05) is 50.3 Å². The van der Waals surface area contributed by atoms with Crippen LogP contribution in [0.15, 0.2) is 215 Å². The lowest BCUT2D eigenvalue weighted by molar-refractivity contribution is 0.667. The van der Waals surface area contributed by atoms with E-state index in [1.54, 1.807) is 0 Å². The summed E-state index contributed by atoms with van der Waals surface area (Å²) >= 11 is 0. The van der Waals surface area contributed by atoms with Crippen molar-refractivity contribution in [3.63, 3.8) is 0 Å². The van der Waals surface area contributed by atoms with Crippen molar-refractivity contribution in [1.29, 1.82) is 0 Å². The van der Waals surface area contributed by atoms with Crippen LogP contribution in [0, 0.1) is 0 Å². The lowest BCUT2D eigenvalue weighted by Crippen LogP contribution is -2.33. The third-order valence-electron chi connectivity index (χ3n) is 13.1. The minimum Gasteiger partial charge on any atom is -0.456 e. The number of aromatic nitrogens is 1. The van der Waals surface area contributed by atoms with Crippen LogP contribution in [0.4, 0.5) is 0 Å². The first-order chi connectivity index (χ1) is 31.7. The number of fused-ring (bicyclic) bond motifs is 8. The standard InChI is InChI=1S/C59H40N4O/c1-3-12-37(13-4-1)43-26-30-52-50(34-43)51-35-44(38-14-5-2-6-15-38)27-31-53(51)63(52)47-28-29-48-55(36-47)64-54-21-11-20-49(56(48)54)59-61-57(45-24-22-39-16-7-9-18-41(39)32-45)60-58(62-59)46-25-23-40-17-8-10-19-42(40)33-46/h1-26,28-30,32-36,57H,27,31H2,(H,60,61,62). The summed E-state index contributed by atoms with van der Waals surface area (Å²) in [7, 11) is 0. The molecule has 64 heavy (non-hydrogen) atoms. The highest BCUT2D eigenvalue weighted by Gasteiger charge is 2.26. The Hall–Kier alpha value is -8.28. The second kappa shape index (κ2) is 14.7. The number of amidine groups is 2. The molecule has 9 aromatic carbocycles. The molecule has 0 spiro atoms. The van der Waals surface area contributed by atoms with E-state index in [1.165, 1.54) is 60.6 Å². The highest BCUT2D eigenvalue weighted by atomic mass is 16.3. The minimum absolute atomic E-state index is 0.356. The summed E-state index contributed by atoms with van der Waals surface area (Å²) in [6, 6.07) is 71.3. The molecular weight excluding hydrogens is 781 g/mol. The topological polar surface area (TPSA) is 54.8 Å². The summed E-state index contributed by atoms with van der Waals surface area (Å²) in [5.41, 5.74) is 14.6. The van der Waals surface area contributed by atoms with Gasteiger partial charge in [-0.1, -0.05) is 152 Å². The molecule has 1 N–H and O–H groups in total. The normalized spacial score (nSPS) is 15.0. The zero-order chi connectivity index (χ0) is 42.1. The molecule has 1 aliphatic heterocycles. The third-order valence-corrected chi connectivity index (χ3v) is 13.1. The van der Waals surface area contributed by atoms with E-state index in [0.717, 1.165) is 68.4 Å². The number of allylic oxidation sites excluding steroid dienone is 1. The fourth-order valence-electron chi connectivity index (χ4n) is 10.0. The summed E-state index contributed by atoms with van der Waals surface area (Å²) in [5, 5.41) is 11.8. The molecule has 13 rings (SSSR count). The second-order valence-corrected chi connectivity index (χ2v) is 16.9. The van der Waals surface area contributed by atoms with Crippen molar-refractivity contribution in [3.05, 3.63) is 234 Å². The average Bonchev–Trinajstić information content (AvgIpc) is 3.91. The quantitative estimate of drug-likeness (QED) is 0.182. The van der Waals surface area contributed by atoms with Crippen LogP contribution < -0.4 is 5.32 Å². The van der Waals surface area contributed by atoms with Crippen LogP contribution in [0.5, 0.6) is 0 Å². The van der Waals surface area contributed by atoms with Crippen LogP contribution >= 0.6 is 0 Å². The SMILES string of the molecule is C1=C(c2ccccc2)CCc2c1c1cc(-c3ccccc3)ccc1n2-c1ccc2c(c1)oc1cccc(C3=NC(c4ccc5ccccc5c4)=NC(c4ccc5ccccc5c4)N3)c12. The van der Waals surface area contributed by atoms with E-state index in [9.17, 15) is 0 Å². The van der Waals surface area contributed by atoms with E-state index in [4.69, 9.17) is 14.4 Å². The van der Waals surface area contributed by atoms with Gasteiger partial charge in [0.15, 0.2) is 5.84 Å². The molecule has 1 unspecified atom stereocenters. The van der Waals surface area contributed by atoms with E-state index in [0.29, 0.717) is 5.84 Å². The lowest BCUT2D eigenvalue weighted by atomic mass is 9.91. The van der Waals surface area contributed by atoms with Crippen molar-refractivity contribution < 1.29 is 4.42 Å². The number of benzene rings is 9. The molecule has 5 nitrogen and oxygen atoms in total. The predicted octanol–water partition coefficient (Wildman–Crippen LogP) is 14.5. The van der Waals surface area contributed by atoms with E-state index in [1.807, 2.05) is 0 Å². The van der Waals surface area contributed by atoms with Gasteiger partial charge in [0.25, 0.3) is 0 Å². The molecule has 11 aromatic rings. The minimum atomic E-state index is -0.356. The number of nitrogens with zero attached hydrogens (tertiary/aromatic N) is 3. The van der Waals surface area contributed by atoms with Crippen molar-refractivity contribution in [2.45, 2.75) is 19.0 Å². The molecule has 302 valence electrons. The maximum absolute atomic E-state index is 6.81. The van der Waals surface area contributed by atoms with Crippen molar-refractivity contribution in [1.82, 2.24) is 9.88 Å². The Morgan fingerprint density at radius 1 is 0.516 bits per heavy atom. The maximum atomic E-state index is 6.81. The van der Waals surface area contributed by atoms with Crippen LogP contribution in [-0.2, 0) is 6.42 Å². The van der Waals surface area contributed by atoms with Gasteiger partial charge in [-0.2, -0.15) is 0 Å². The molecule has 0 saturated heterocycles. The van der Waals surface area contributed by atoms with Gasteiger partial charge < -0.3 is 14.3 Å². The summed E-state index contributed by atoms with van der Waals surface area (Å²) < 4.78 is 9.27. The van der Waals surface area contributed by atoms with Crippen molar-refractivity contribution in [3.8, 4) is 16.8 Å². The second-order valence-electron chi connectivity index (χ2n) is 16.9. The highest BCUT2D eigenvalue weighted by molar-refractivity contribution is 6.22. The van der Waals surface area contributed by atoms with E-state index in [2.05, 4.69) is 216 Å². The average molecular weight is 821 g/mol. The summed E-state index contributed by atoms with van der Waals surface area (Å²) in [6.07, 6.45) is 3.96. The van der Waals surface area contributed by atoms with E-state index < -0.39 is 0 Å². The van der Waals surface area contributed by atoms with Gasteiger partial charge in [-0.05, 0) is 111 Å². The number of hydrogen-bond acceptors (Lipinski definition) is 4. The van der Waals surface area contributed by atoms with Crippen molar-refractivity contribution in [2.75, 3.05) is 0 Å². The third kappa shape index (κ3) is 6.08. The number of furan rings is 1. The molecule has 0 saturated carbocycles. The largest absolute Gasteiger partial charge is 0.456 e. The number of nitrogens with one attached hydrogen (secondary N) is 1. The molecule has 0 bridgehead atoms. The molecule has 0 fully saturated rings. The lowest BCUT2D eigenvalue weighted by Gasteiger charge is -2.24. The number of rotatable bonds is 6. The predicted molar refractivity (Wildman–Crippen MR) is 265 cm³/mol. The molecule has 5 heteroatoms. The van der Waals surface area contributed by atoms with Gasteiger partial charge in [0.05, 0.1) is 5.52 Å². The number of aliphatic imine (C=N–C) groups is 2. The fourth-order valence-corrected chi connectivity index (χ4v) is 10.0. The maximum Gasteiger partial charge on any atom is 0.159 e. The molecule has 0 radical (unpaired) electrons. The first-order valence-electron chi connectivity index (χ1n) is 22.0. The molecule has 1 aliphatic carbocycles. The Bertz CT molecular complexity index is 3760. The van der Waals surface area contributed by atoms with E-state index in [-0.39, 0.29) is 6.17 Å². The summed E-state index contributed by atoms with van der Waals surface area (Å²) in [6.45, 7) is 0. The molecular formula is C59H40N4O. The van der Waals surface area contributed by atoms with Gasteiger partial charge in [-0.3, -0.25) is 0 Å². The molecule has 2 aromatic heterocycles. The monoisotopic (exact) mass is 820 g/mol.